The van der Waals surface area contributed by atoms with E-state index in [1.54, 1.807) is 11.9 Å². The molecular weight excluding hydrogens is 312 g/mol. The van der Waals surface area contributed by atoms with Crippen LogP contribution in [-0.4, -0.2) is 40.6 Å². The van der Waals surface area contributed by atoms with Crippen molar-refractivity contribution in [3.63, 3.8) is 0 Å². The minimum absolute atomic E-state index is 0.167. The Balaban J connectivity index is 3.26. The van der Waals surface area contributed by atoms with E-state index in [1.807, 2.05) is 0 Å². The normalized spacial score (nSPS) is 19.4. The molecule has 0 spiro atoms. The molecule has 0 aliphatic carbocycles. The van der Waals surface area contributed by atoms with Crippen LogP contribution in [0.5, 0.6) is 0 Å². The van der Waals surface area contributed by atoms with Crippen LogP contribution in [0.2, 0.25) is 0 Å². The second-order valence-corrected chi connectivity index (χ2v) is 6.13. The maximum atomic E-state index is 12.1. The molecule has 0 radical (unpaired) electrons. The Morgan fingerprint density at radius 1 is 1.47 bits per heavy atom. The number of ether oxygens (including phenoxy) is 1. The van der Waals surface area contributed by atoms with Gasteiger partial charge in [-0.05, 0) is 6.08 Å². The van der Waals surface area contributed by atoms with Crippen molar-refractivity contribution in [1.29, 1.82) is 0 Å². The molecule has 104 valence electrons. The number of rotatable bonds is 3. The first kappa shape index (κ1) is 16.1. The van der Waals surface area contributed by atoms with E-state index in [9.17, 15) is 9.59 Å². The van der Waals surface area contributed by atoms with Crippen molar-refractivity contribution < 1.29 is 14.3 Å². The van der Waals surface area contributed by atoms with E-state index in [0.717, 1.165) is 0 Å². The summed E-state index contributed by atoms with van der Waals surface area (Å²) in [6.07, 6.45) is 4.40. The predicted octanol–water partition coefficient (Wildman–Crippen LogP) is 2.41. The minimum Gasteiger partial charge on any atom is -0.465 e. The van der Waals surface area contributed by atoms with Gasteiger partial charge in [-0.15, -0.1) is 6.58 Å². The molecule has 0 amide bonds. The molecule has 0 bridgehead atoms. The van der Waals surface area contributed by atoms with Crippen LogP contribution in [0.4, 0.5) is 0 Å². The number of Topliss-reactive ketones (excluding diaryl/α,β-unsaturated/α-hetero) is 1. The summed E-state index contributed by atoms with van der Waals surface area (Å²) in [6.45, 7) is 3.63. The van der Waals surface area contributed by atoms with E-state index in [2.05, 4.69) is 11.3 Å². The van der Waals surface area contributed by atoms with E-state index in [-0.39, 0.29) is 11.1 Å². The van der Waals surface area contributed by atoms with Crippen molar-refractivity contribution in [2.24, 2.45) is 0 Å². The molecule has 7 heteroatoms. The zero-order valence-corrected chi connectivity index (χ0v) is 12.6. The number of carbonyl (C=O) groups excluding carboxylic acids is 2. The Kier molecular flexibility index (Phi) is 5.07. The van der Waals surface area contributed by atoms with E-state index in [0.29, 0.717) is 0 Å². The summed E-state index contributed by atoms with van der Waals surface area (Å²) in [5.74, 6) is -1.28. The molecule has 1 unspecified atom stereocenters. The fourth-order valence-corrected chi connectivity index (χ4v) is 2.02. The third-order valence-electron chi connectivity index (χ3n) is 2.58. The van der Waals surface area contributed by atoms with Crippen LogP contribution in [0.1, 0.15) is 0 Å². The van der Waals surface area contributed by atoms with E-state index >= 15 is 0 Å². The number of hydrogen-bond donors (Lipinski definition) is 0. The molecule has 0 aromatic heterocycles. The molecule has 0 saturated heterocycles. The van der Waals surface area contributed by atoms with E-state index < -0.39 is 21.6 Å². The first-order valence-corrected chi connectivity index (χ1v) is 6.33. The van der Waals surface area contributed by atoms with Gasteiger partial charge in [-0.25, -0.2) is 4.79 Å². The third kappa shape index (κ3) is 3.53. The summed E-state index contributed by atoms with van der Waals surface area (Å²) in [5, 5.41) is 0. The van der Waals surface area contributed by atoms with E-state index in [4.69, 9.17) is 34.8 Å². The second kappa shape index (κ2) is 5.99. The van der Waals surface area contributed by atoms with Gasteiger partial charge < -0.3 is 9.64 Å². The SMILES string of the molecule is C=CC1C(C(=O)C(Cl)(Cl)Cl)=CC(C(=O)OC)=CN1C. The zero-order valence-electron chi connectivity index (χ0n) is 10.3. The van der Waals surface area contributed by atoms with Gasteiger partial charge in [0.2, 0.25) is 5.78 Å². The largest absolute Gasteiger partial charge is 0.465 e. The van der Waals surface area contributed by atoms with Gasteiger partial charge in [0, 0.05) is 18.8 Å². The topological polar surface area (TPSA) is 46.6 Å². The van der Waals surface area contributed by atoms with Gasteiger partial charge in [0.05, 0.1) is 18.7 Å². The predicted molar refractivity (Wildman–Crippen MR) is 75.2 cm³/mol. The summed E-state index contributed by atoms with van der Waals surface area (Å²) in [6, 6.07) is -0.475. The van der Waals surface area contributed by atoms with Crippen LogP contribution < -0.4 is 0 Å². The molecule has 4 nitrogen and oxygen atoms in total. The molecule has 1 aliphatic rings. The molecule has 1 aliphatic heterocycles. The third-order valence-corrected chi connectivity index (χ3v) is 3.09. The van der Waals surface area contributed by atoms with Crippen molar-refractivity contribution in [2.75, 3.05) is 14.2 Å². The monoisotopic (exact) mass is 323 g/mol. The number of esters is 1. The summed E-state index contributed by atoms with van der Waals surface area (Å²) >= 11 is 16.8. The quantitative estimate of drug-likeness (QED) is 0.454. The molecule has 1 rings (SSSR count). The van der Waals surface area contributed by atoms with Gasteiger partial charge in [-0.3, -0.25) is 4.79 Å². The molecule has 19 heavy (non-hydrogen) atoms. The fourth-order valence-electron chi connectivity index (χ4n) is 1.70. The van der Waals surface area contributed by atoms with Crippen molar-refractivity contribution in [1.82, 2.24) is 4.90 Å². The standard InChI is InChI=1S/C12H12Cl3NO3/c1-4-9-8(10(17)12(13,14)15)5-7(6-16(9)2)11(18)19-3/h4-6,9H,1H2,2-3H3. The number of nitrogens with zero attached hydrogens (tertiary/aromatic N) is 1. The van der Waals surface area contributed by atoms with Gasteiger partial charge in [0.15, 0.2) is 0 Å². The lowest BCUT2D eigenvalue weighted by atomic mass is 9.96. The molecule has 0 N–H and O–H groups in total. The van der Waals surface area contributed by atoms with E-state index in [1.165, 1.54) is 25.5 Å². The summed E-state index contributed by atoms with van der Waals surface area (Å²) in [7, 11) is 2.92. The van der Waals surface area contributed by atoms with Crippen molar-refractivity contribution in [3.05, 3.63) is 36.1 Å². The van der Waals surface area contributed by atoms with Gasteiger partial charge in [-0.2, -0.15) is 0 Å². The highest BCUT2D eigenvalue weighted by Crippen LogP contribution is 2.34. The Labute approximate surface area is 126 Å². The summed E-state index contributed by atoms with van der Waals surface area (Å²) in [5.41, 5.74) is 0.362. The maximum absolute atomic E-state index is 12.1. The van der Waals surface area contributed by atoms with Crippen molar-refractivity contribution in [2.45, 2.75) is 9.83 Å². The van der Waals surface area contributed by atoms with Crippen LogP contribution in [0, 0.1) is 0 Å². The lowest BCUT2D eigenvalue weighted by Gasteiger charge is -2.31. The average molecular weight is 325 g/mol. The summed E-state index contributed by atoms with van der Waals surface area (Å²) < 4.78 is 2.52. The molecule has 0 aromatic carbocycles. The number of alkyl halides is 3. The highest BCUT2D eigenvalue weighted by atomic mass is 35.6. The van der Waals surface area contributed by atoms with Crippen molar-refractivity contribution >= 4 is 46.6 Å². The zero-order chi connectivity index (χ0) is 14.8. The van der Waals surface area contributed by atoms with Gasteiger partial charge >= 0.3 is 5.97 Å². The minimum atomic E-state index is -2.09. The highest BCUT2D eigenvalue weighted by molar-refractivity contribution is 6.77. The first-order valence-electron chi connectivity index (χ1n) is 5.20. The van der Waals surface area contributed by atoms with Crippen LogP contribution >= 0.6 is 34.8 Å². The van der Waals surface area contributed by atoms with Crippen LogP contribution in [0.15, 0.2) is 36.1 Å². The molecule has 0 fully saturated rings. The first-order chi connectivity index (χ1) is 8.72. The number of methoxy groups -OCH3 is 1. The smallest absolute Gasteiger partial charge is 0.339 e. The molecule has 0 aromatic rings. The Bertz CT molecular complexity index is 477. The summed E-state index contributed by atoms with van der Waals surface area (Å²) in [4.78, 5) is 25.2. The van der Waals surface area contributed by atoms with Gasteiger partial charge in [-0.1, -0.05) is 40.9 Å². The number of carbonyl (C=O) groups is 2. The lowest BCUT2D eigenvalue weighted by molar-refractivity contribution is -0.135. The number of likely N-dealkylation sites (N-methyl/N-ethyl adjacent to an activating group) is 1. The highest BCUT2D eigenvalue weighted by Gasteiger charge is 2.38. The lowest BCUT2D eigenvalue weighted by Crippen LogP contribution is -2.37. The van der Waals surface area contributed by atoms with Gasteiger partial charge in [0.1, 0.15) is 0 Å². The Morgan fingerprint density at radius 3 is 2.47 bits per heavy atom. The molecule has 1 atom stereocenters. The molecule has 1 heterocycles. The number of halogens is 3. The average Bonchev–Trinajstić information content (AvgIpc) is 2.34. The Morgan fingerprint density at radius 2 is 2.05 bits per heavy atom. The maximum Gasteiger partial charge on any atom is 0.339 e. The van der Waals surface area contributed by atoms with Crippen LogP contribution in [0.3, 0.4) is 0 Å². The second-order valence-electron chi connectivity index (χ2n) is 3.85. The molecular formula is C12H12Cl3NO3. The molecule has 0 saturated carbocycles. The number of hydrogen-bond acceptors (Lipinski definition) is 4. The Hall–Kier alpha value is -0.970. The fraction of sp³-hybridized carbons (Fsp3) is 0.333. The van der Waals surface area contributed by atoms with Crippen LogP contribution in [-0.2, 0) is 14.3 Å². The van der Waals surface area contributed by atoms with Crippen molar-refractivity contribution in [3.8, 4) is 0 Å². The van der Waals surface area contributed by atoms with Crippen LogP contribution in [0.25, 0.3) is 0 Å². The number of ketones is 1. The van der Waals surface area contributed by atoms with Gasteiger partial charge in [0.25, 0.3) is 3.79 Å².